The molecule has 6 nitrogen and oxygen atoms in total. The van der Waals surface area contributed by atoms with Crippen molar-refractivity contribution in [2.75, 3.05) is 18.4 Å². The molecule has 3 N–H and O–H groups in total. The Morgan fingerprint density at radius 1 is 0.968 bits per heavy atom. The van der Waals surface area contributed by atoms with Gasteiger partial charge in [0.25, 0.3) is 0 Å². The van der Waals surface area contributed by atoms with Gasteiger partial charge >= 0.3 is 6.09 Å². The molecule has 0 atom stereocenters. The van der Waals surface area contributed by atoms with Crippen molar-refractivity contribution >= 4 is 17.7 Å². The van der Waals surface area contributed by atoms with Gasteiger partial charge in [0.05, 0.1) is 0 Å². The predicted molar refractivity (Wildman–Crippen MR) is 122 cm³/mol. The summed E-state index contributed by atoms with van der Waals surface area (Å²) in [5.41, 5.74) is 8.32. The third-order valence-corrected chi connectivity index (χ3v) is 5.68. The van der Waals surface area contributed by atoms with Gasteiger partial charge in [0, 0.05) is 24.7 Å². The summed E-state index contributed by atoms with van der Waals surface area (Å²) >= 11 is 0. The first-order valence-electron chi connectivity index (χ1n) is 11.2. The summed E-state index contributed by atoms with van der Waals surface area (Å²) in [7, 11) is 0. The molecule has 3 rings (SSSR count). The van der Waals surface area contributed by atoms with Gasteiger partial charge in [0.1, 0.15) is 6.61 Å². The fourth-order valence-corrected chi connectivity index (χ4v) is 3.95. The van der Waals surface area contributed by atoms with Crippen LogP contribution in [-0.4, -0.2) is 30.0 Å². The lowest BCUT2D eigenvalue weighted by Crippen LogP contribution is -2.37. The molecule has 166 valence electrons. The molecule has 1 aliphatic carbocycles. The van der Waals surface area contributed by atoms with Crippen LogP contribution in [-0.2, 0) is 22.7 Å². The third kappa shape index (κ3) is 7.40. The van der Waals surface area contributed by atoms with Gasteiger partial charge < -0.3 is 15.4 Å². The van der Waals surface area contributed by atoms with Crippen LogP contribution in [0.15, 0.2) is 54.6 Å². The Hall–Kier alpha value is -2.86. The average molecular weight is 424 g/mol. The van der Waals surface area contributed by atoms with Gasteiger partial charge in [-0.1, -0.05) is 61.7 Å². The number of carbonyl (C=O) groups excluding carboxylic acids is 2. The maximum atomic E-state index is 13.0. The van der Waals surface area contributed by atoms with Crippen molar-refractivity contribution in [2.45, 2.75) is 51.7 Å². The Morgan fingerprint density at radius 3 is 2.35 bits per heavy atom. The van der Waals surface area contributed by atoms with Gasteiger partial charge in [0.15, 0.2) is 0 Å². The zero-order valence-electron chi connectivity index (χ0n) is 18.1. The number of rotatable bonds is 9. The van der Waals surface area contributed by atoms with Gasteiger partial charge in [-0.05, 0) is 49.1 Å². The van der Waals surface area contributed by atoms with Gasteiger partial charge in [-0.25, -0.2) is 4.79 Å². The normalized spacial score (nSPS) is 14.1. The van der Waals surface area contributed by atoms with Crippen LogP contribution < -0.4 is 11.1 Å². The molecule has 1 saturated carbocycles. The third-order valence-electron chi connectivity index (χ3n) is 5.68. The van der Waals surface area contributed by atoms with Crippen LogP contribution in [0, 0.1) is 5.92 Å². The van der Waals surface area contributed by atoms with Crippen molar-refractivity contribution in [1.29, 1.82) is 0 Å². The quantitative estimate of drug-likeness (QED) is 0.613. The van der Waals surface area contributed by atoms with E-state index in [-0.39, 0.29) is 18.4 Å². The molecule has 0 bridgehead atoms. The van der Waals surface area contributed by atoms with Crippen molar-refractivity contribution in [3.05, 3.63) is 65.7 Å². The van der Waals surface area contributed by atoms with Crippen LogP contribution in [0.25, 0.3) is 0 Å². The zero-order chi connectivity index (χ0) is 21.9. The maximum Gasteiger partial charge on any atom is 0.411 e. The molecule has 2 amide bonds. The number of nitrogens with zero attached hydrogens (tertiary/aromatic N) is 1. The minimum atomic E-state index is -0.492. The van der Waals surface area contributed by atoms with Crippen LogP contribution in [0.3, 0.4) is 0 Å². The van der Waals surface area contributed by atoms with Crippen molar-refractivity contribution in [3.63, 3.8) is 0 Å². The molecule has 31 heavy (non-hydrogen) atoms. The number of amides is 2. The summed E-state index contributed by atoms with van der Waals surface area (Å²) in [6.07, 6.45) is 5.80. The molecule has 0 heterocycles. The van der Waals surface area contributed by atoms with Crippen LogP contribution >= 0.6 is 0 Å². The highest BCUT2D eigenvalue weighted by Crippen LogP contribution is 2.26. The van der Waals surface area contributed by atoms with Crippen LogP contribution in [0.2, 0.25) is 0 Å². The summed E-state index contributed by atoms with van der Waals surface area (Å²) in [5.74, 6) is 0.395. The van der Waals surface area contributed by atoms with Gasteiger partial charge in [-0.3, -0.25) is 10.1 Å². The Balaban J connectivity index is 1.53. The second-order valence-corrected chi connectivity index (χ2v) is 8.12. The first-order valence-corrected chi connectivity index (χ1v) is 11.2. The monoisotopic (exact) mass is 423 g/mol. The van der Waals surface area contributed by atoms with E-state index < -0.39 is 6.09 Å². The van der Waals surface area contributed by atoms with E-state index in [4.69, 9.17) is 10.5 Å². The van der Waals surface area contributed by atoms with Crippen LogP contribution in [0.1, 0.15) is 49.7 Å². The summed E-state index contributed by atoms with van der Waals surface area (Å²) in [5, 5.41) is 2.74. The molecular weight excluding hydrogens is 390 g/mol. The number of carbonyl (C=O) groups is 2. The van der Waals surface area contributed by atoms with Gasteiger partial charge in [-0.15, -0.1) is 0 Å². The average Bonchev–Trinajstić information content (AvgIpc) is 2.82. The minimum Gasteiger partial charge on any atom is -0.444 e. The largest absolute Gasteiger partial charge is 0.444 e. The summed E-state index contributed by atoms with van der Waals surface area (Å²) < 4.78 is 5.25. The Morgan fingerprint density at radius 2 is 1.68 bits per heavy atom. The molecule has 1 fully saturated rings. The molecule has 0 unspecified atom stereocenters. The van der Waals surface area contributed by atoms with E-state index in [1.165, 1.54) is 6.42 Å². The van der Waals surface area contributed by atoms with E-state index >= 15 is 0 Å². The lowest BCUT2D eigenvalue weighted by Gasteiger charge is -2.29. The molecule has 6 heteroatoms. The topological polar surface area (TPSA) is 84.7 Å². The Kier molecular flexibility index (Phi) is 8.91. The lowest BCUT2D eigenvalue weighted by molar-refractivity contribution is -0.137. The highest BCUT2D eigenvalue weighted by Gasteiger charge is 2.25. The van der Waals surface area contributed by atoms with Crippen molar-refractivity contribution in [3.8, 4) is 0 Å². The molecule has 1 aliphatic rings. The fraction of sp³-hybridized carbons (Fsp3) is 0.440. The first kappa shape index (κ1) is 22.8. The molecule has 0 saturated heterocycles. The van der Waals surface area contributed by atoms with E-state index in [9.17, 15) is 9.59 Å². The summed E-state index contributed by atoms with van der Waals surface area (Å²) in [4.78, 5) is 27.0. The maximum absolute atomic E-state index is 13.0. The number of nitrogens with one attached hydrogen (secondary N) is 1. The van der Waals surface area contributed by atoms with E-state index in [0.717, 1.165) is 43.2 Å². The fourth-order valence-electron chi connectivity index (χ4n) is 3.95. The Bertz CT molecular complexity index is 818. The lowest BCUT2D eigenvalue weighted by atomic mass is 9.88. The molecule has 2 aromatic carbocycles. The minimum absolute atomic E-state index is 0.145. The molecule has 2 aromatic rings. The number of anilines is 1. The predicted octanol–water partition coefficient (Wildman–Crippen LogP) is 4.69. The molecule has 0 spiro atoms. The van der Waals surface area contributed by atoms with Gasteiger partial charge in [0.2, 0.25) is 5.91 Å². The number of hydrogen-bond acceptors (Lipinski definition) is 4. The van der Waals surface area contributed by atoms with Crippen molar-refractivity contribution < 1.29 is 14.3 Å². The standard InChI is InChI=1S/C25H33N3O3/c26-16-7-17-28(24(29)22-10-5-2-6-11-22)18-20-12-14-23(15-13-20)27-25(30)31-19-21-8-3-1-4-9-21/h1,3-4,8-9,12-15,22H,2,5-7,10-11,16-19,26H2,(H,27,30). The number of benzene rings is 2. The van der Waals surface area contributed by atoms with Gasteiger partial charge in [-0.2, -0.15) is 0 Å². The number of hydrogen-bond donors (Lipinski definition) is 2. The van der Waals surface area contributed by atoms with Crippen molar-refractivity contribution in [1.82, 2.24) is 4.90 Å². The smallest absolute Gasteiger partial charge is 0.411 e. The van der Waals surface area contributed by atoms with E-state index in [0.29, 0.717) is 25.3 Å². The first-order chi connectivity index (χ1) is 15.2. The molecule has 0 radical (unpaired) electrons. The molecule has 0 aromatic heterocycles. The van der Waals surface area contributed by atoms with E-state index in [1.807, 2.05) is 59.5 Å². The van der Waals surface area contributed by atoms with Crippen LogP contribution in [0.5, 0.6) is 0 Å². The summed E-state index contributed by atoms with van der Waals surface area (Å²) in [6.45, 7) is 2.04. The molecular formula is C25H33N3O3. The summed E-state index contributed by atoms with van der Waals surface area (Å²) in [6, 6.07) is 17.1. The SMILES string of the molecule is NCCCN(Cc1ccc(NC(=O)OCc2ccccc2)cc1)C(=O)C1CCCCC1. The highest BCUT2D eigenvalue weighted by atomic mass is 16.5. The number of ether oxygens (including phenoxy) is 1. The van der Waals surface area contributed by atoms with E-state index in [1.54, 1.807) is 0 Å². The van der Waals surface area contributed by atoms with Crippen LogP contribution in [0.4, 0.5) is 10.5 Å². The highest BCUT2D eigenvalue weighted by molar-refractivity contribution is 5.84. The Labute approximate surface area is 184 Å². The zero-order valence-corrected chi connectivity index (χ0v) is 18.1. The molecule has 0 aliphatic heterocycles. The second-order valence-electron chi connectivity index (χ2n) is 8.12. The second kappa shape index (κ2) is 12.1. The number of nitrogens with two attached hydrogens (primary N) is 1. The van der Waals surface area contributed by atoms with Crippen molar-refractivity contribution in [2.24, 2.45) is 11.7 Å². The van der Waals surface area contributed by atoms with E-state index in [2.05, 4.69) is 5.32 Å².